The maximum absolute atomic E-state index is 5.99. The van der Waals surface area contributed by atoms with Crippen LogP contribution in [0.1, 0.15) is 0 Å². The summed E-state index contributed by atoms with van der Waals surface area (Å²) in [6, 6.07) is 9.42. The van der Waals surface area contributed by atoms with Gasteiger partial charge in [0.25, 0.3) is 0 Å². The molecule has 3 aromatic rings. The third-order valence-corrected chi connectivity index (χ3v) is 4.13. The number of anilines is 1. The van der Waals surface area contributed by atoms with Crippen LogP contribution in [-0.2, 0) is 0 Å². The fraction of sp³-hybridized carbons (Fsp3) is 0. The molecule has 96 valence electrons. The Kier molecular flexibility index (Phi) is 3.28. The monoisotopic (exact) mass is 399 g/mol. The molecule has 0 fully saturated rings. The molecule has 0 aliphatic rings. The second-order valence-corrected chi connectivity index (χ2v) is 6.31. The Balaban J connectivity index is 2.23. The summed E-state index contributed by atoms with van der Waals surface area (Å²) >= 11 is 12.9. The van der Waals surface area contributed by atoms with Crippen molar-refractivity contribution in [2.75, 3.05) is 5.73 Å². The quantitative estimate of drug-likeness (QED) is 0.565. The minimum absolute atomic E-state index is 0.568. The number of rotatable bonds is 1. The summed E-state index contributed by atoms with van der Waals surface area (Å²) < 4.78 is 1.95. The molecule has 0 saturated carbocycles. The zero-order valence-electron chi connectivity index (χ0n) is 9.55. The zero-order chi connectivity index (χ0) is 13.6. The van der Waals surface area contributed by atoms with E-state index in [4.69, 9.17) is 17.3 Å². The zero-order valence-corrected chi connectivity index (χ0v) is 13.5. The minimum atomic E-state index is 0.568. The maximum Gasteiger partial charge on any atom is 0.139 e. The standard InChI is InChI=1S/C13H8Br2ClN3/c14-6-1-2-8(9(15)3-6)13-18-11-5-7(16)4-10(17)12(11)19-13/h1-5H,17H2,(H,18,19). The molecule has 0 spiro atoms. The van der Waals surface area contributed by atoms with Crippen LogP contribution in [-0.4, -0.2) is 9.97 Å². The maximum atomic E-state index is 5.99. The van der Waals surface area contributed by atoms with Crippen molar-refractivity contribution in [3.05, 3.63) is 44.3 Å². The largest absolute Gasteiger partial charge is 0.397 e. The van der Waals surface area contributed by atoms with Crippen molar-refractivity contribution >= 4 is 60.2 Å². The minimum Gasteiger partial charge on any atom is -0.397 e. The van der Waals surface area contributed by atoms with Gasteiger partial charge in [-0.05, 0) is 46.3 Å². The summed E-state index contributed by atoms with van der Waals surface area (Å²) in [4.78, 5) is 7.76. The van der Waals surface area contributed by atoms with E-state index in [1.807, 2.05) is 24.3 Å². The molecule has 0 bridgehead atoms. The highest BCUT2D eigenvalue weighted by molar-refractivity contribution is 9.11. The van der Waals surface area contributed by atoms with E-state index in [0.717, 1.165) is 31.4 Å². The smallest absolute Gasteiger partial charge is 0.139 e. The number of aromatic amines is 1. The number of nitrogens with one attached hydrogen (secondary N) is 1. The van der Waals surface area contributed by atoms with E-state index < -0.39 is 0 Å². The highest BCUT2D eigenvalue weighted by Gasteiger charge is 2.11. The van der Waals surface area contributed by atoms with Gasteiger partial charge in [-0.1, -0.05) is 27.5 Å². The average molecular weight is 401 g/mol. The number of nitrogen functional groups attached to an aromatic ring is 1. The van der Waals surface area contributed by atoms with Gasteiger partial charge in [0.05, 0.1) is 11.2 Å². The van der Waals surface area contributed by atoms with Crippen molar-refractivity contribution in [2.24, 2.45) is 0 Å². The van der Waals surface area contributed by atoms with Gasteiger partial charge in [-0.15, -0.1) is 0 Å². The Morgan fingerprint density at radius 2 is 1.95 bits per heavy atom. The first-order chi connectivity index (χ1) is 9.04. The van der Waals surface area contributed by atoms with E-state index in [2.05, 4.69) is 41.8 Å². The molecule has 3 N–H and O–H groups in total. The second kappa shape index (κ2) is 4.81. The topological polar surface area (TPSA) is 54.7 Å². The second-order valence-electron chi connectivity index (χ2n) is 4.10. The molecule has 0 aliphatic carbocycles. The van der Waals surface area contributed by atoms with Gasteiger partial charge >= 0.3 is 0 Å². The summed E-state index contributed by atoms with van der Waals surface area (Å²) in [5.74, 6) is 0.753. The number of aromatic nitrogens is 2. The first-order valence-corrected chi connectivity index (χ1v) is 7.41. The Morgan fingerprint density at radius 3 is 2.68 bits per heavy atom. The summed E-state index contributed by atoms with van der Waals surface area (Å²) in [7, 11) is 0. The van der Waals surface area contributed by atoms with Crippen molar-refractivity contribution in [1.29, 1.82) is 0 Å². The summed E-state index contributed by atoms with van der Waals surface area (Å²) in [5.41, 5.74) is 9.02. The number of hydrogen-bond acceptors (Lipinski definition) is 2. The van der Waals surface area contributed by atoms with Crippen LogP contribution >= 0.6 is 43.5 Å². The number of nitrogens with two attached hydrogens (primary N) is 1. The van der Waals surface area contributed by atoms with Gasteiger partial charge in [0.15, 0.2) is 0 Å². The SMILES string of the molecule is Nc1cc(Cl)cc2[nH]c(-c3ccc(Br)cc3Br)nc12. The van der Waals surface area contributed by atoms with Gasteiger partial charge in [-0.2, -0.15) is 0 Å². The lowest BCUT2D eigenvalue weighted by molar-refractivity contribution is 1.33. The van der Waals surface area contributed by atoms with Crippen LogP contribution in [0.15, 0.2) is 39.3 Å². The van der Waals surface area contributed by atoms with Crippen LogP contribution < -0.4 is 5.73 Å². The molecule has 0 unspecified atom stereocenters. The Labute approximate surface area is 131 Å². The van der Waals surface area contributed by atoms with Gasteiger partial charge < -0.3 is 10.7 Å². The van der Waals surface area contributed by atoms with Gasteiger partial charge in [0.1, 0.15) is 11.3 Å². The molecule has 2 aromatic carbocycles. The molecule has 3 nitrogen and oxygen atoms in total. The van der Waals surface area contributed by atoms with Crippen LogP contribution in [0.3, 0.4) is 0 Å². The Hall–Kier alpha value is -1.04. The summed E-state index contributed by atoms with van der Waals surface area (Å²) in [6.45, 7) is 0. The fourth-order valence-electron chi connectivity index (χ4n) is 1.92. The highest BCUT2D eigenvalue weighted by atomic mass is 79.9. The number of halogens is 3. The van der Waals surface area contributed by atoms with Crippen LogP contribution in [0.4, 0.5) is 5.69 Å². The first-order valence-electron chi connectivity index (χ1n) is 5.45. The van der Waals surface area contributed by atoms with Gasteiger partial charge in [0, 0.05) is 19.5 Å². The number of H-pyrrole nitrogens is 1. The summed E-state index contributed by atoms with van der Waals surface area (Å²) in [5, 5.41) is 0.593. The molecular weight excluding hydrogens is 393 g/mol. The van der Waals surface area contributed by atoms with Crippen molar-refractivity contribution in [3.63, 3.8) is 0 Å². The number of hydrogen-bond donors (Lipinski definition) is 2. The lowest BCUT2D eigenvalue weighted by Crippen LogP contribution is -1.86. The number of imidazole rings is 1. The number of benzene rings is 2. The highest BCUT2D eigenvalue weighted by Crippen LogP contribution is 2.32. The van der Waals surface area contributed by atoms with Crippen LogP contribution in [0.5, 0.6) is 0 Å². The average Bonchev–Trinajstić information content (AvgIpc) is 2.72. The molecule has 6 heteroatoms. The lowest BCUT2D eigenvalue weighted by atomic mass is 10.2. The van der Waals surface area contributed by atoms with Crippen LogP contribution in [0, 0.1) is 0 Å². The molecule has 0 radical (unpaired) electrons. The third kappa shape index (κ3) is 2.38. The molecule has 19 heavy (non-hydrogen) atoms. The van der Waals surface area contributed by atoms with Gasteiger partial charge in [-0.25, -0.2) is 4.98 Å². The Bertz CT molecular complexity index is 783. The van der Waals surface area contributed by atoms with E-state index in [1.54, 1.807) is 6.07 Å². The number of nitrogens with zero attached hydrogens (tertiary/aromatic N) is 1. The molecular formula is C13H8Br2ClN3. The van der Waals surface area contributed by atoms with E-state index in [-0.39, 0.29) is 0 Å². The normalized spacial score (nSPS) is 11.1. The molecule has 1 aromatic heterocycles. The molecule has 0 atom stereocenters. The predicted octanol–water partition coefficient (Wildman–Crippen LogP) is 4.99. The molecule has 0 saturated heterocycles. The van der Waals surface area contributed by atoms with E-state index in [9.17, 15) is 0 Å². The predicted molar refractivity (Wildman–Crippen MR) is 86.4 cm³/mol. The fourth-order valence-corrected chi connectivity index (χ4v) is 3.38. The van der Waals surface area contributed by atoms with Crippen molar-refractivity contribution in [3.8, 4) is 11.4 Å². The van der Waals surface area contributed by atoms with Crippen molar-refractivity contribution in [1.82, 2.24) is 9.97 Å². The summed E-state index contributed by atoms with van der Waals surface area (Å²) in [6.07, 6.45) is 0. The molecule has 0 aliphatic heterocycles. The number of fused-ring (bicyclic) bond motifs is 1. The Morgan fingerprint density at radius 1 is 1.16 bits per heavy atom. The van der Waals surface area contributed by atoms with E-state index in [1.165, 1.54) is 0 Å². The first kappa shape index (κ1) is 13.0. The lowest BCUT2D eigenvalue weighted by Gasteiger charge is -2.00. The van der Waals surface area contributed by atoms with Crippen molar-refractivity contribution in [2.45, 2.75) is 0 Å². The molecule has 0 amide bonds. The third-order valence-electron chi connectivity index (χ3n) is 2.77. The van der Waals surface area contributed by atoms with Gasteiger partial charge in [0.2, 0.25) is 0 Å². The van der Waals surface area contributed by atoms with E-state index >= 15 is 0 Å². The van der Waals surface area contributed by atoms with E-state index in [0.29, 0.717) is 10.7 Å². The van der Waals surface area contributed by atoms with Crippen LogP contribution in [0.2, 0.25) is 5.02 Å². The van der Waals surface area contributed by atoms with Crippen LogP contribution in [0.25, 0.3) is 22.4 Å². The molecule has 3 rings (SSSR count). The van der Waals surface area contributed by atoms with Crippen molar-refractivity contribution < 1.29 is 0 Å². The molecule has 1 heterocycles. The van der Waals surface area contributed by atoms with Gasteiger partial charge in [-0.3, -0.25) is 0 Å².